The van der Waals surface area contributed by atoms with E-state index in [9.17, 15) is 4.79 Å². The number of hydrogen-bond donors (Lipinski definition) is 0. The van der Waals surface area contributed by atoms with Gasteiger partial charge in [-0.3, -0.25) is 18.1 Å². The Bertz CT molecular complexity index is 2290. The van der Waals surface area contributed by atoms with Gasteiger partial charge in [-0.15, -0.1) is 13.2 Å². The second kappa shape index (κ2) is 17.2. The van der Waals surface area contributed by atoms with Gasteiger partial charge in [0, 0.05) is 96.3 Å². The highest BCUT2D eigenvalue weighted by molar-refractivity contribution is 14.2. The van der Waals surface area contributed by atoms with E-state index in [1.807, 2.05) is 57.5 Å². The quantitative estimate of drug-likeness (QED) is 0.0517. The summed E-state index contributed by atoms with van der Waals surface area (Å²) in [7, 11) is 1.44. The molecule has 0 radical (unpaired) electrons. The molecule has 6 aromatic rings. The maximum absolute atomic E-state index is 16.2. The average Bonchev–Trinajstić information content (AvgIpc) is 3.92. The second-order valence-corrected chi connectivity index (χ2v) is 15.4. The van der Waals surface area contributed by atoms with E-state index in [0.717, 1.165) is 27.6 Å². The molecule has 0 aliphatic carbocycles. The van der Waals surface area contributed by atoms with Crippen molar-refractivity contribution >= 4 is 47.2 Å². The van der Waals surface area contributed by atoms with Crippen LogP contribution in [0.2, 0.25) is 0 Å². The van der Waals surface area contributed by atoms with E-state index < -0.39 is 11.6 Å². The van der Waals surface area contributed by atoms with Gasteiger partial charge in [0.1, 0.15) is 11.6 Å². The van der Waals surface area contributed by atoms with Gasteiger partial charge >= 0.3 is 5.97 Å². The zero-order valence-corrected chi connectivity index (χ0v) is 33.4. The number of nitrogens with zero attached hydrogens (tertiary/aromatic N) is 5. The molecule has 0 amide bonds. The van der Waals surface area contributed by atoms with Crippen molar-refractivity contribution in [1.82, 2.24) is 23.5 Å². The molecule has 0 bridgehead atoms. The first-order chi connectivity index (χ1) is 26.0. The second-order valence-electron chi connectivity index (χ2n) is 13.7. The summed E-state index contributed by atoms with van der Waals surface area (Å²) in [4.78, 5) is 12.0. The Morgan fingerprint density at radius 2 is 1.89 bits per heavy atom. The molecule has 12 heteroatoms. The minimum Gasteiger partial charge on any atom is -0.466 e. The molecule has 0 aliphatic heterocycles. The van der Waals surface area contributed by atoms with Crippen molar-refractivity contribution in [3.05, 3.63) is 145 Å². The number of allylic oxidation sites excluding steroid dienone is 2. The minimum absolute atomic E-state index is 0.0631. The Labute approximate surface area is 330 Å². The van der Waals surface area contributed by atoms with E-state index in [2.05, 4.69) is 58.4 Å². The van der Waals surface area contributed by atoms with Crippen molar-refractivity contribution in [1.29, 1.82) is 0 Å². The number of fused-ring (bicyclic) bond motifs is 1. The van der Waals surface area contributed by atoms with E-state index >= 15 is 8.78 Å². The fraction of sp³-hybridized carbons (Fsp3) is 0.262. The monoisotopic (exact) mass is 861 g/mol. The lowest BCUT2D eigenvalue weighted by atomic mass is 9.94. The Balaban J connectivity index is 1.35. The summed E-state index contributed by atoms with van der Waals surface area (Å²) in [5, 5.41) is 10.0. The molecule has 0 fully saturated rings. The SMILES string of the molecule is C=CCC(c1cccc(CCC(=O)OCC)c1)n1nccc1-c1cc(Oc2c(F)cc3c(ccn3SI)c2Cc2cnn(CC(C)(C)C=C)c2)ccc1F. The Hall–Kier alpha value is -4.69. The molecular weight excluding hydrogens is 819 g/mol. The Morgan fingerprint density at radius 3 is 2.65 bits per heavy atom. The molecule has 280 valence electrons. The molecule has 3 heterocycles. The molecule has 8 nitrogen and oxygen atoms in total. The highest BCUT2D eigenvalue weighted by Crippen LogP contribution is 2.40. The third-order valence-corrected chi connectivity index (χ3v) is 11.0. The van der Waals surface area contributed by atoms with Gasteiger partial charge in [-0.05, 0) is 66.8 Å². The van der Waals surface area contributed by atoms with Crippen molar-refractivity contribution in [2.75, 3.05) is 6.61 Å². The molecule has 0 N–H and O–H groups in total. The molecule has 3 aromatic heterocycles. The number of rotatable bonds is 17. The van der Waals surface area contributed by atoms with Crippen molar-refractivity contribution in [3.8, 4) is 22.8 Å². The van der Waals surface area contributed by atoms with Crippen molar-refractivity contribution in [3.63, 3.8) is 0 Å². The van der Waals surface area contributed by atoms with Gasteiger partial charge < -0.3 is 9.47 Å². The van der Waals surface area contributed by atoms with Gasteiger partial charge in [0.15, 0.2) is 11.6 Å². The van der Waals surface area contributed by atoms with Gasteiger partial charge in [0.25, 0.3) is 0 Å². The van der Waals surface area contributed by atoms with Crippen molar-refractivity contribution in [2.45, 2.75) is 59.0 Å². The van der Waals surface area contributed by atoms with Crippen LogP contribution in [-0.2, 0) is 28.9 Å². The van der Waals surface area contributed by atoms with E-state index in [1.165, 1.54) is 27.3 Å². The van der Waals surface area contributed by atoms with E-state index in [1.54, 1.807) is 42.2 Å². The van der Waals surface area contributed by atoms with Crippen LogP contribution in [-0.4, -0.2) is 36.1 Å². The first-order valence-electron chi connectivity index (χ1n) is 17.7. The number of aryl methyl sites for hydroxylation is 1. The highest BCUT2D eigenvalue weighted by Gasteiger charge is 2.23. The summed E-state index contributed by atoms with van der Waals surface area (Å²) in [5.74, 6) is -0.930. The molecule has 0 saturated carbocycles. The van der Waals surface area contributed by atoms with Crippen LogP contribution >= 0.6 is 30.3 Å². The lowest BCUT2D eigenvalue weighted by molar-refractivity contribution is -0.143. The average molecular weight is 862 g/mol. The lowest BCUT2D eigenvalue weighted by Gasteiger charge is -2.21. The van der Waals surface area contributed by atoms with Crippen LogP contribution in [0.4, 0.5) is 8.78 Å². The Morgan fingerprint density at radius 1 is 1.06 bits per heavy atom. The fourth-order valence-corrected chi connectivity index (χ4v) is 7.88. The first-order valence-corrected chi connectivity index (χ1v) is 21.0. The molecule has 54 heavy (non-hydrogen) atoms. The van der Waals surface area contributed by atoms with Gasteiger partial charge in [-0.2, -0.15) is 10.2 Å². The zero-order chi connectivity index (χ0) is 38.4. The summed E-state index contributed by atoms with van der Waals surface area (Å²) in [6, 6.07) is 17.2. The van der Waals surface area contributed by atoms with Gasteiger partial charge in [0.2, 0.25) is 0 Å². The normalized spacial score (nSPS) is 12.2. The summed E-state index contributed by atoms with van der Waals surface area (Å²) >= 11 is 2.17. The molecule has 0 saturated heterocycles. The Kier molecular flexibility index (Phi) is 12.4. The molecule has 6 rings (SSSR count). The van der Waals surface area contributed by atoms with Crippen LogP contribution in [0.1, 0.15) is 61.9 Å². The summed E-state index contributed by atoms with van der Waals surface area (Å²) in [5.41, 5.74) is 4.78. The molecular formula is C42H42F2IN5O3S. The number of halogens is 3. The third-order valence-electron chi connectivity index (χ3n) is 9.28. The van der Waals surface area contributed by atoms with Crippen molar-refractivity contribution < 1.29 is 23.0 Å². The van der Waals surface area contributed by atoms with Crippen LogP contribution in [0.3, 0.4) is 0 Å². The van der Waals surface area contributed by atoms with Crippen LogP contribution in [0.25, 0.3) is 22.2 Å². The summed E-state index contributed by atoms with van der Waals surface area (Å²) in [6.07, 6.45) is 12.6. The molecule has 1 atom stereocenters. The van der Waals surface area contributed by atoms with Crippen LogP contribution in [0.15, 0.2) is 111 Å². The minimum atomic E-state index is -0.534. The van der Waals surface area contributed by atoms with E-state index in [-0.39, 0.29) is 40.9 Å². The summed E-state index contributed by atoms with van der Waals surface area (Å²) < 4.78 is 49.0. The smallest absolute Gasteiger partial charge is 0.306 e. The fourth-order valence-electron chi connectivity index (χ4n) is 6.52. The van der Waals surface area contributed by atoms with E-state index in [0.29, 0.717) is 43.7 Å². The molecule has 0 aliphatic rings. The number of hydrogen-bond acceptors (Lipinski definition) is 6. The number of carbonyl (C=O) groups is 1. The predicted octanol–water partition coefficient (Wildman–Crippen LogP) is 11.1. The van der Waals surface area contributed by atoms with Crippen LogP contribution < -0.4 is 4.74 Å². The topological polar surface area (TPSA) is 76.1 Å². The largest absolute Gasteiger partial charge is 0.466 e. The standard InChI is InChI=1S/C42H42F2IN5O3S/c1-6-10-37(30-12-9-11-28(21-30)13-16-40(51)52-8-3)50-38(17-19-46-50)34-23-31(14-15-35(34)43)53-41-33(32-18-20-49(54-45)39(32)24-36(41)44)22-29-25-47-48(26-29)27-42(4,5)7-2/h6-7,9,11-12,14-15,17-21,23-26,37H,1-2,8,10,13,16,22,27H2,3-5H3. The number of esters is 1. The summed E-state index contributed by atoms with van der Waals surface area (Å²) in [6.45, 7) is 14.9. The van der Waals surface area contributed by atoms with Gasteiger partial charge in [-0.25, -0.2) is 8.78 Å². The lowest BCUT2D eigenvalue weighted by Crippen LogP contribution is -2.16. The van der Waals surface area contributed by atoms with Crippen LogP contribution in [0.5, 0.6) is 11.5 Å². The predicted molar refractivity (Wildman–Crippen MR) is 220 cm³/mol. The number of ether oxygens (including phenoxy) is 2. The maximum Gasteiger partial charge on any atom is 0.306 e. The molecule has 1 unspecified atom stereocenters. The third kappa shape index (κ3) is 8.81. The molecule has 0 spiro atoms. The molecule has 3 aromatic carbocycles. The highest BCUT2D eigenvalue weighted by atomic mass is 127. The van der Waals surface area contributed by atoms with Crippen molar-refractivity contribution in [2.24, 2.45) is 5.41 Å². The van der Waals surface area contributed by atoms with Gasteiger partial charge in [0.05, 0.1) is 30.1 Å². The number of benzene rings is 3. The zero-order valence-electron chi connectivity index (χ0n) is 30.5. The number of aromatic nitrogens is 5. The number of carbonyl (C=O) groups excluding carboxylic acids is 1. The van der Waals surface area contributed by atoms with E-state index in [4.69, 9.17) is 9.47 Å². The van der Waals surface area contributed by atoms with Gasteiger partial charge in [-0.1, -0.05) is 50.3 Å². The van der Waals surface area contributed by atoms with Crippen LogP contribution in [0, 0.1) is 17.0 Å². The first kappa shape index (κ1) is 39.0. The maximum atomic E-state index is 16.2.